The molecule has 0 saturated heterocycles. The Labute approximate surface area is 173 Å². The van der Waals surface area contributed by atoms with E-state index in [4.69, 9.17) is 9.73 Å². The lowest BCUT2D eigenvalue weighted by molar-refractivity contribution is 0.107. The molecule has 1 aromatic heterocycles. The van der Waals surface area contributed by atoms with Gasteiger partial charge in [0.05, 0.1) is 0 Å². The van der Waals surface area contributed by atoms with Gasteiger partial charge in [-0.15, -0.1) is 11.3 Å². The van der Waals surface area contributed by atoms with Gasteiger partial charge in [-0.3, -0.25) is 4.99 Å². The maximum Gasteiger partial charge on any atom is 0.250 e. The molecule has 1 fully saturated rings. The molecule has 0 spiro atoms. The molecular weight excluding hydrogens is 396 g/mol. The SMILES string of the molecule is CCNC(=NCC1(CCOCC)CCCC1)NCCNS(=O)(=O)c1cccs1. The van der Waals surface area contributed by atoms with Crippen LogP contribution in [0.5, 0.6) is 0 Å². The van der Waals surface area contributed by atoms with E-state index in [2.05, 4.69) is 15.4 Å². The number of guanidine groups is 1. The maximum atomic E-state index is 12.1. The summed E-state index contributed by atoms with van der Waals surface area (Å²) in [5.74, 6) is 0.737. The number of nitrogens with one attached hydrogen (secondary N) is 3. The third-order valence-corrected chi connectivity index (χ3v) is 7.89. The molecule has 1 heterocycles. The molecule has 0 unspecified atom stereocenters. The van der Waals surface area contributed by atoms with E-state index in [1.54, 1.807) is 17.5 Å². The highest BCUT2D eigenvalue weighted by Gasteiger charge is 2.33. The first kappa shape index (κ1) is 23.1. The fourth-order valence-corrected chi connectivity index (χ4v) is 5.56. The van der Waals surface area contributed by atoms with E-state index in [0.29, 0.717) is 17.3 Å². The predicted octanol–water partition coefficient (Wildman–Crippen LogP) is 2.57. The van der Waals surface area contributed by atoms with E-state index < -0.39 is 10.0 Å². The summed E-state index contributed by atoms with van der Waals surface area (Å²) in [6, 6.07) is 3.34. The summed E-state index contributed by atoms with van der Waals surface area (Å²) in [7, 11) is -3.42. The Kier molecular flexibility index (Phi) is 9.70. The van der Waals surface area contributed by atoms with Crippen LogP contribution in [-0.2, 0) is 14.8 Å². The van der Waals surface area contributed by atoms with Gasteiger partial charge in [-0.1, -0.05) is 18.9 Å². The third kappa shape index (κ3) is 7.35. The normalized spacial score (nSPS) is 17.0. The van der Waals surface area contributed by atoms with Gasteiger partial charge in [-0.2, -0.15) is 0 Å². The van der Waals surface area contributed by atoms with Crippen LogP contribution >= 0.6 is 11.3 Å². The van der Waals surface area contributed by atoms with Crippen molar-refractivity contribution in [2.75, 3.05) is 39.4 Å². The molecule has 160 valence electrons. The molecular formula is C19H34N4O3S2. The third-order valence-electron chi connectivity index (χ3n) is 5.03. The van der Waals surface area contributed by atoms with Crippen molar-refractivity contribution in [1.29, 1.82) is 0 Å². The van der Waals surface area contributed by atoms with Crippen molar-refractivity contribution in [2.45, 2.75) is 50.2 Å². The minimum atomic E-state index is -3.42. The molecule has 1 aromatic rings. The fourth-order valence-electron chi connectivity index (χ4n) is 3.49. The van der Waals surface area contributed by atoms with Crippen LogP contribution in [0.15, 0.2) is 26.7 Å². The van der Waals surface area contributed by atoms with Crippen molar-refractivity contribution >= 4 is 27.3 Å². The van der Waals surface area contributed by atoms with Gasteiger partial charge in [0, 0.05) is 39.4 Å². The van der Waals surface area contributed by atoms with Gasteiger partial charge in [0.2, 0.25) is 10.0 Å². The molecule has 7 nitrogen and oxygen atoms in total. The molecule has 0 amide bonds. The summed E-state index contributed by atoms with van der Waals surface area (Å²) in [5, 5.41) is 8.24. The molecule has 0 atom stereocenters. The quantitative estimate of drug-likeness (QED) is 0.269. The Bertz CT molecular complexity index is 684. The maximum absolute atomic E-state index is 12.1. The molecule has 1 aliphatic rings. The van der Waals surface area contributed by atoms with Crippen LogP contribution in [0.3, 0.4) is 0 Å². The first-order valence-corrected chi connectivity index (χ1v) is 12.5. The zero-order valence-corrected chi connectivity index (χ0v) is 18.6. The number of hydrogen-bond acceptors (Lipinski definition) is 5. The van der Waals surface area contributed by atoms with Gasteiger partial charge in [0.1, 0.15) is 4.21 Å². The van der Waals surface area contributed by atoms with E-state index in [1.807, 2.05) is 13.8 Å². The molecule has 0 radical (unpaired) electrons. The summed E-state index contributed by atoms with van der Waals surface area (Å²) in [6.45, 7) is 7.92. The van der Waals surface area contributed by atoms with Crippen molar-refractivity contribution in [1.82, 2.24) is 15.4 Å². The van der Waals surface area contributed by atoms with E-state index >= 15 is 0 Å². The smallest absolute Gasteiger partial charge is 0.250 e. The molecule has 0 aromatic carbocycles. The van der Waals surface area contributed by atoms with Crippen molar-refractivity contribution in [3.8, 4) is 0 Å². The minimum Gasteiger partial charge on any atom is -0.382 e. The highest BCUT2D eigenvalue weighted by Crippen LogP contribution is 2.41. The standard InChI is InChI=1S/C19H34N4O3S2/c1-3-20-18(21-12-13-23-28(24,25)17-8-7-15-27-17)22-16-19(9-5-6-10-19)11-14-26-4-2/h7-8,15,23H,3-6,9-14,16H2,1-2H3,(H2,20,21,22). The molecule has 2 rings (SSSR count). The molecule has 0 bridgehead atoms. The first-order valence-electron chi connectivity index (χ1n) is 10.1. The van der Waals surface area contributed by atoms with E-state index in [-0.39, 0.29) is 5.41 Å². The number of thiophene rings is 1. The van der Waals surface area contributed by atoms with Gasteiger partial charge in [-0.05, 0) is 50.0 Å². The van der Waals surface area contributed by atoms with Gasteiger partial charge in [0.15, 0.2) is 5.96 Å². The van der Waals surface area contributed by atoms with Crippen molar-refractivity contribution in [3.05, 3.63) is 17.5 Å². The molecule has 28 heavy (non-hydrogen) atoms. The van der Waals surface area contributed by atoms with Crippen LogP contribution < -0.4 is 15.4 Å². The summed E-state index contributed by atoms with van der Waals surface area (Å²) in [4.78, 5) is 4.79. The Morgan fingerprint density at radius 1 is 1.25 bits per heavy atom. The summed E-state index contributed by atoms with van der Waals surface area (Å²) in [5.41, 5.74) is 0.234. The average Bonchev–Trinajstić information content (AvgIpc) is 3.36. The highest BCUT2D eigenvalue weighted by atomic mass is 32.2. The lowest BCUT2D eigenvalue weighted by Gasteiger charge is -2.27. The lowest BCUT2D eigenvalue weighted by atomic mass is 9.83. The van der Waals surface area contributed by atoms with Gasteiger partial charge < -0.3 is 15.4 Å². The largest absolute Gasteiger partial charge is 0.382 e. The number of ether oxygens (including phenoxy) is 1. The van der Waals surface area contributed by atoms with Crippen molar-refractivity contribution < 1.29 is 13.2 Å². The van der Waals surface area contributed by atoms with Crippen LogP contribution in [0.4, 0.5) is 0 Å². The second-order valence-corrected chi connectivity index (χ2v) is 10.0. The molecule has 1 saturated carbocycles. The predicted molar refractivity (Wildman–Crippen MR) is 115 cm³/mol. The fraction of sp³-hybridized carbons (Fsp3) is 0.737. The van der Waals surface area contributed by atoms with Crippen LogP contribution in [-0.4, -0.2) is 53.8 Å². The van der Waals surface area contributed by atoms with E-state index in [9.17, 15) is 8.42 Å². The first-order chi connectivity index (χ1) is 13.5. The highest BCUT2D eigenvalue weighted by molar-refractivity contribution is 7.91. The second-order valence-electron chi connectivity index (χ2n) is 7.11. The Morgan fingerprint density at radius 2 is 2.04 bits per heavy atom. The monoisotopic (exact) mass is 430 g/mol. The second kappa shape index (κ2) is 11.7. The Hall–Kier alpha value is -1.16. The summed E-state index contributed by atoms with van der Waals surface area (Å²) in [6.07, 6.45) is 5.96. The molecule has 9 heteroatoms. The average molecular weight is 431 g/mol. The van der Waals surface area contributed by atoms with Crippen LogP contribution in [0.25, 0.3) is 0 Å². The molecule has 3 N–H and O–H groups in total. The topological polar surface area (TPSA) is 91.8 Å². The van der Waals surface area contributed by atoms with Crippen LogP contribution in [0, 0.1) is 5.41 Å². The number of aliphatic imine (C=N–C) groups is 1. The van der Waals surface area contributed by atoms with Crippen LogP contribution in [0.1, 0.15) is 46.0 Å². The number of nitrogens with zero attached hydrogens (tertiary/aromatic N) is 1. The van der Waals surface area contributed by atoms with Gasteiger partial charge in [-0.25, -0.2) is 13.1 Å². The zero-order valence-electron chi connectivity index (χ0n) is 17.0. The van der Waals surface area contributed by atoms with Gasteiger partial charge >= 0.3 is 0 Å². The summed E-state index contributed by atoms with van der Waals surface area (Å²) >= 11 is 1.21. The zero-order chi connectivity index (χ0) is 20.3. The van der Waals surface area contributed by atoms with Gasteiger partial charge in [0.25, 0.3) is 0 Å². The Morgan fingerprint density at radius 3 is 2.68 bits per heavy atom. The number of sulfonamides is 1. The van der Waals surface area contributed by atoms with Crippen LogP contribution in [0.2, 0.25) is 0 Å². The molecule has 1 aliphatic carbocycles. The lowest BCUT2D eigenvalue weighted by Crippen LogP contribution is -2.42. The van der Waals surface area contributed by atoms with Crippen molar-refractivity contribution in [3.63, 3.8) is 0 Å². The van der Waals surface area contributed by atoms with E-state index in [1.165, 1.54) is 37.0 Å². The Balaban J connectivity index is 1.84. The number of rotatable bonds is 12. The number of hydrogen-bond donors (Lipinski definition) is 3. The summed E-state index contributed by atoms with van der Waals surface area (Å²) < 4.78 is 32.8. The van der Waals surface area contributed by atoms with E-state index in [0.717, 1.165) is 38.7 Å². The van der Waals surface area contributed by atoms with Crippen molar-refractivity contribution in [2.24, 2.45) is 10.4 Å². The molecule has 0 aliphatic heterocycles. The minimum absolute atomic E-state index is 0.234.